The number of carbonyl (C=O) groups is 1. The molecule has 1 aliphatic heterocycles. The van der Waals surface area contributed by atoms with Crippen molar-refractivity contribution in [1.29, 1.82) is 0 Å². The molecular weight excluding hydrogens is 524 g/mol. The average Bonchev–Trinajstić information content (AvgIpc) is 3.27. The predicted octanol–water partition coefficient (Wildman–Crippen LogP) is 7.79. The van der Waals surface area contributed by atoms with Gasteiger partial charge in [-0.15, -0.1) is 0 Å². The third-order valence-electron chi connectivity index (χ3n) is 7.31. The summed E-state index contributed by atoms with van der Waals surface area (Å²) < 4.78 is 61.2. The van der Waals surface area contributed by atoms with Gasteiger partial charge in [-0.3, -0.25) is 9.80 Å². The number of unbranched alkanes of at least 4 members (excludes halogenated alkanes) is 1. The summed E-state index contributed by atoms with van der Waals surface area (Å²) in [5, 5.41) is 14.6. The Kier molecular flexibility index (Phi) is 8.81. The van der Waals surface area contributed by atoms with Crippen molar-refractivity contribution < 1.29 is 32.2 Å². The number of carboxylic acids is 1. The Morgan fingerprint density at radius 3 is 2.40 bits per heavy atom. The first kappa shape index (κ1) is 29.1. The van der Waals surface area contributed by atoms with Crippen LogP contribution in [-0.2, 0) is 11.2 Å². The van der Waals surface area contributed by atoms with Gasteiger partial charge in [-0.1, -0.05) is 50.1 Å². The molecule has 0 saturated carbocycles. The lowest BCUT2D eigenvalue weighted by Gasteiger charge is -2.27. The summed E-state index contributed by atoms with van der Waals surface area (Å²) in [6, 6.07) is 16.3. The van der Waals surface area contributed by atoms with E-state index in [0.717, 1.165) is 22.3 Å². The van der Waals surface area contributed by atoms with E-state index in [-0.39, 0.29) is 12.2 Å². The Hall–Kier alpha value is -3.88. The van der Waals surface area contributed by atoms with Crippen LogP contribution >= 0.6 is 0 Å². The second kappa shape index (κ2) is 12.1. The minimum Gasteiger partial charge on any atom is -0.497 e. The second-order valence-corrected chi connectivity index (χ2v) is 10.1. The Morgan fingerprint density at radius 1 is 1.07 bits per heavy atom. The Labute approximate surface area is 231 Å². The van der Waals surface area contributed by atoms with Gasteiger partial charge >= 0.3 is 12.1 Å². The highest BCUT2D eigenvalue weighted by molar-refractivity contribution is 5.96. The van der Waals surface area contributed by atoms with Crippen LogP contribution in [-0.4, -0.2) is 36.1 Å². The van der Waals surface area contributed by atoms with E-state index in [9.17, 15) is 27.5 Å². The van der Waals surface area contributed by atoms with Crippen LogP contribution in [0.15, 0.2) is 65.8 Å². The normalized spacial score (nSPS) is 17.2. The fraction of sp³-hybridized carbons (Fsp3) is 0.355. The van der Waals surface area contributed by atoms with Crippen LogP contribution in [0.2, 0.25) is 0 Å². The minimum atomic E-state index is -4.64. The number of carboxylic acid groups (broad SMARTS) is 1. The molecule has 0 bridgehead atoms. The fourth-order valence-corrected chi connectivity index (χ4v) is 5.19. The van der Waals surface area contributed by atoms with E-state index in [2.05, 4.69) is 5.10 Å². The molecular formula is C31H32F4N2O3. The first-order valence-corrected chi connectivity index (χ1v) is 13.2. The molecule has 0 aliphatic carbocycles. The summed E-state index contributed by atoms with van der Waals surface area (Å²) in [7, 11) is 1.53. The highest BCUT2D eigenvalue weighted by Crippen LogP contribution is 2.39. The lowest BCUT2D eigenvalue weighted by Crippen LogP contribution is -2.38. The number of hydrogen-bond donors (Lipinski definition) is 1. The topological polar surface area (TPSA) is 62.1 Å². The third kappa shape index (κ3) is 6.46. The van der Waals surface area contributed by atoms with Crippen LogP contribution in [0.4, 0.5) is 23.2 Å². The largest absolute Gasteiger partial charge is 0.497 e. The first-order valence-electron chi connectivity index (χ1n) is 13.2. The summed E-state index contributed by atoms with van der Waals surface area (Å²) in [6.45, 7) is 3.82. The molecule has 2 atom stereocenters. The Bertz CT molecular complexity index is 1390. The van der Waals surface area contributed by atoms with E-state index < -0.39 is 36.2 Å². The quantitative estimate of drug-likeness (QED) is 0.259. The summed E-state index contributed by atoms with van der Waals surface area (Å²) >= 11 is 0. The van der Waals surface area contributed by atoms with Gasteiger partial charge in [-0.05, 0) is 72.4 Å². The highest BCUT2D eigenvalue weighted by Gasteiger charge is 2.50. The highest BCUT2D eigenvalue weighted by atomic mass is 19.4. The van der Waals surface area contributed by atoms with Crippen molar-refractivity contribution in [2.75, 3.05) is 12.1 Å². The van der Waals surface area contributed by atoms with Crippen molar-refractivity contribution in [2.45, 2.75) is 58.2 Å². The molecule has 9 heteroatoms. The zero-order chi connectivity index (χ0) is 29.0. The van der Waals surface area contributed by atoms with Gasteiger partial charge in [0, 0.05) is 11.5 Å². The van der Waals surface area contributed by atoms with Crippen molar-refractivity contribution in [1.82, 2.24) is 0 Å². The van der Waals surface area contributed by atoms with Gasteiger partial charge in [0.25, 0.3) is 0 Å². The number of aryl methyl sites for hydroxylation is 1. The lowest BCUT2D eigenvalue weighted by atomic mass is 9.88. The molecule has 4 rings (SSSR count). The number of methoxy groups -OCH3 is 1. The predicted molar refractivity (Wildman–Crippen MR) is 147 cm³/mol. The van der Waals surface area contributed by atoms with Crippen molar-refractivity contribution >= 4 is 17.4 Å². The van der Waals surface area contributed by atoms with Gasteiger partial charge in [0.2, 0.25) is 0 Å². The molecule has 40 heavy (non-hydrogen) atoms. The minimum absolute atomic E-state index is 0.219. The summed E-state index contributed by atoms with van der Waals surface area (Å²) in [5.74, 6) is -1.96. The number of hydrogen-bond acceptors (Lipinski definition) is 4. The van der Waals surface area contributed by atoms with E-state index in [1.54, 1.807) is 24.3 Å². The van der Waals surface area contributed by atoms with Crippen LogP contribution in [0, 0.1) is 18.7 Å². The van der Waals surface area contributed by atoms with Crippen LogP contribution < -0.4 is 9.75 Å². The van der Waals surface area contributed by atoms with Gasteiger partial charge in [-0.25, -0.2) is 4.39 Å². The number of aliphatic carboxylic acids is 1. The summed E-state index contributed by atoms with van der Waals surface area (Å²) in [4.78, 5) is 11.6. The SMILES string of the molecule is CCCCC1C(C(F)(F)F)=NN(c2ccc(Cc3ccc(-c4cc(OC)ccc4F)cc3C)cc2)C1CC(=O)O. The number of ether oxygens (including phenoxy) is 1. The van der Waals surface area contributed by atoms with Crippen molar-refractivity contribution in [3.63, 3.8) is 0 Å². The van der Waals surface area contributed by atoms with E-state index in [1.165, 1.54) is 18.2 Å². The van der Waals surface area contributed by atoms with Gasteiger partial charge in [0.1, 0.15) is 17.3 Å². The number of benzene rings is 3. The molecule has 2 unspecified atom stereocenters. The van der Waals surface area contributed by atoms with Crippen molar-refractivity contribution in [3.05, 3.63) is 83.2 Å². The number of rotatable bonds is 10. The molecule has 0 aromatic heterocycles. The number of alkyl halides is 3. The Morgan fingerprint density at radius 2 is 1.80 bits per heavy atom. The molecule has 1 N–H and O–H groups in total. The molecule has 5 nitrogen and oxygen atoms in total. The van der Waals surface area contributed by atoms with Crippen LogP contribution in [0.3, 0.4) is 0 Å². The summed E-state index contributed by atoms with van der Waals surface area (Å²) in [5.41, 5.74) is 3.56. The van der Waals surface area contributed by atoms with Gasteiger partial charge in [0.05, 0.1) is 25.3 Å². The average molecular weight is 557 g/mol. The van der Waals surface area contributed by atoms with Crippen LogP contribution in [0.1, 0.15) is 49.3 Å². The smallest absolute Gasteiger partial charge is 0.431 e. The zero-order valence-corrected chi connectivity index (χ0v) is 22.6. The molecule has 1 heterocycles. The van der Waals surface area contributed by atoms with Crippen molar-refractivity contribution in [3.8, 4) is 16.9 Å². The molecule has 3 aromatic rings. The van der Waals surface area contributed by atoms with Crippen molar-refractivity contribution in [2.24, 2.45) is 11.0 Å². The maximum atomic E-state index is 14.4. The van der Waals surface area contributed by atoms with E-state index in [1.807, 2.05) is 44.2 Å². The fourth-order valence-electron chi connectivity index (χ4n) is 5.19. The maximum absolute atomic E-state index is 14.4. The number of halogens is 4. The third-order valence-corrected chi connectivity index (χ3v) is 7.31. The second-order valence-electron chi connectivity index (χ2n) is 10.1. The first-order chi connectivity index (χ1) is 19.0. The monoisotopic (exact) mass is 556 g/mol. The van der Waals surface area contributed by atoms with Gasteiger partial charge in [0.15, 0.2) is 0 Å². The van der Waals surface area contributed by atoms with Gasteiger partial charge in [-0.2, -0.15) is 18.3 Å². The number of anilines is 1. The molecule has 0 fully saturated rings. The van der Waals surface area contributed by atoms with Gasteiger partial charge < -0.3 is 9.84 Å². The molecule has 0 amide bonds. The maximum Gasteiger partial charge on any atom is 0.431 e. The lowest BCUT2D eigenvalue weighted by molar-refractivity contribution is -0.137. The van der Waals surface area contributed by atoms with E-state index >= 15 is 0 Å². The summed E-state index contributed by atoms with van der Waals surface area (Å²) in [6.07, 6.45) is -3.06. The number of hydrazone groups is 1. The standard InChI is InChI=1S/C31H32F4N2O3/c1-4-5-6-25-28(18-29(38)39)37(36-30(25)31(33,34)35)23-11-7-20(8-12-23)16-21-9-10-22(15-19(21)2)26-17-24(40-3)13-14-27(26)32/h7-15,17,25,28H,4-6,16,18H2,1-3H3,(H,38,39). The zero-order valence-electron chi connectivity index (χ0n) is 22.6. The molecule has 1 aliphatic rings. The molecule has 0 radical (unpaired) electrons. The Balaban J connectivity index is 1.57. The number of nitrogens with zero attached hydrogens (tertiary/aromatic N) is 2. The van der Waals surface area contributed by atoms with E-state index in [0.29, 0.717) is 36.3 Å². The van der Waals surface area contributed by atoms with Crippen LogP contribution in [0.5, 0.6) is 5.75 Å². The molecule has 212 valence electrons. The van der Waals surface area contributed by atoms with Crippen LogP contribution in [0.25, 0.3) is 11.1 Å². The molecule has 0 spiro atoms. The molecule has 3 aromatic carbocycles. The molecule has 0 saturated heterocycles. The van der Waals surface area contributed by atoms with E-state index in [4.69, 9.17) is 4.74 Å².